The quantitative estimate of drug-likeness (QED) is 0.654. The number of rotatable bonds is 4. The topological polar surface area (TPSA) is 78.0 Å². The van der Waals surface area contributed by atoms with E-state index in [4.69, 9.17) is 0 Å². The van der Waals surface area contributed by atoms with Crippen LogP contribution in [0.3, 0.4) is 0 Å². The van der Waals surface area contributed by atoms with E-state index in [1.165, 1.54) is 15.4 Å². The van der Waals surface area contributed by atoms with Crippen molar-refractivity contribution in [2.75, 3.05) is 32.7 Å². The monoisotopic (exact) mass is 495 g/mol. The standard InChI is InChI=1S/C27H33N3O4S/c1-20(31)30-13-12-22-7-4-5-9-25(22)26(30)19-27(32)28-14-16-29(17-15-28)35(33,34)24-11-10-21-6-2-3-8-23(21)18-24/h4-5,7,9-11,18,26H,2-3,6,8,12-17,19H2,1H3. The summed E-state index contributed by atoms with van der Waals surface area (Å²) in [5, 5.41) is 0. The van der Waals surface area contributed by atoms with Crippen molar-refractivity contribution < 1.29 is 18.0 Å². The van der Waals surface area contributed by atoms with Gasteiger partial charge in [-0.3, -0.25) is 9.59 Å². The van der Waals surface area contributed by atoms with E-state index in [-0.39, 0.29) is 37.4 Å². The van der Waals surface area contributed by atoms with Gasteiger partial charge in [0.15, 0.2) is 0 Å². The number of hydrogen-bond donors (Lipinski definition) is 0. The highest BCUT2D eigenvalue weighted by atomic mass is 32.2. The molecule has 1 fully saturated rings. The van der Waals surface area contributed by atoms with Crippen LogP contribution in [-0.4, -0.2) is 67.1 Å². The summed E-state index contributed by atoms with van der Waals surface area (Å²) in [6.45, 7) is 3.44. The van der Waals surface area contributed by atoms with Crippen LogP contribution in [0.25, 0.3) is 0 Å². The van der Waals surface area contributed by atoms with Gasteiger partial charge in [-0.05, 0) is 66.5 Å². The Morgan fingerprint density at radius 3 is 2.31 bits per heavy atom. The van der Waals surface area contributed by atoms with Gasteiger partial charge in [-0.2, -0.15) is 4.31 Å². The third-order valence-corrected chi connectivity index (χ3v) is 9.63. The van der Waals surface area contributed by atoms with Crippen LogP contribution >= 0.6 is 0 Å². The Balaban J connectivity index is 1.25. The molecular weight excluding hydrogens is 462 g/mol. The summed E-state index contributed by atoms with van der Waals surface area (Å²) in [6, 6.07) is 13.3. The first kappa shape index (κ1) is 24.0. The van der Waals surface area contributed by atoms with Crippen LogP contribution in [-0.2, 0) is 38.9 Å². The van der Waals surface area contributed by atoms with Gasteiger partial charge in [0, 0.05) is 39.6 Å². The molecule has 5 rings (SSSR count). The zero-order valence-corrected chi connectivity index (χ0v) is 21.1. The first-order chi connectivity index (χ1) is 16.8. The molecule has 0 bridgehead atoms. The molecule has 2 aromatic rings. The molecule has 0 N–H and O–H groups in total. The van der Waals surface area contributed by atoms with E-state index in [1.807, 2.05) is 30.3 Å². The summed E-state index contributed by atoms with van der Waals surface area (Å²) in [4.78, 5) is 29.4. The summed E-state index contributed by atoms with van der Waals surface area (Å²) in [7, 11) is -3.59. The van der Waals surface area contributed by atoms with Gasteiger partial charge in [0.05, 0.1) is 17.4 Å². The molecule has 2 aromatic carbocycles. The van der Waals surface area contributed by atoms with Crippen molar-refractivity contribution in [1.82, 2.24) is 14.1 Å². The largest absolute Gasteiger partial charge is 0.340 e. The Kier molecular flexibility index (Phi) is 6.68. The van der Waals surface area contributed by atoms with Crippen LogP contribution in [0, 0.1) is 0 Å². The van der Waals surface area contributed by atoms with Crippen molar-refractivity contribution in [2.24, 2.45) is 0 Å². The molecule has 2 heterocycles. The van der Waals surface area contributed by atoms with Crippen LogP contribution in [0.5, 0.6) is 0 Å². The van der Waals surface area contributed by atoms with Crippen molar-refractivity contribution >= 4 is 21.8 Å². The second-order valence-electron chi connectivity index (χ2n) is 9.80. The number of carbonyl (C=O) groups excluding carboxylic acids is 2. The fourth-order valence-electron chi connectivity index (χ4n) is 5.74. The molecule has 2 amide bonds. The zero-order chi connectivity index (χ0) is 24.6. The SMILES string of the molecule is CC(=O)N1CCc2ccccc2C1CC(=O)N1CCN(S(=O)(=O)c2ccc3c(c2)CCCC3)CC1. The van der Waals surface area contributed by atoms with E-state index in [0.717, 1.165) is 43.2 Å². The lowest BCUT2D eigenvalue weighted by molar-refractivity contribution is -0.137. The van der Waals surface area contributed by atoms with Gasteiger partial charge in [0.2, 0.25) is 21.8 Å². The second-order valence-corrected chi connectivity index (χ2v) is 11.7. The molecule has 2 aliphatic heterocycles. The predicted octanol–water partition coefficient (Wildman–Crippen LogP) is 2.93. The molecule has 8 heteroatoms. The second kappa shape index (κ2) is 9.74. The Morgan fingerprint density at radius 1 is 0.857 bits per heavy atom. The number of carbonyl (C=O) groups is 2. The van der Waals surface area contributed by atoms with Gasteiger partial charge in [-0.25, -0.2) is 8.42 Å². The zero-order valence-electron chi connectivity index (χ0n) is 20.3. The van der Waals surface area contributed by atoms with E-state index in [2.05, 4.69) is 6.07 Å². The van der Waals surface area contributed by atoms with Crippen molar-refractivity contribution in [3.05, 3.63) is 64.7 Å². The van der Waals surface area contributed by atoms with E-state index in [0.29, 0.717) is 24.5 Å². The maximum atomic E-state index is 13.3. The average molecular weight is 496 g/mol. The number of nitrogens with zero attached hydrogens (tertiary/aromatic N) is 3. The van der Waals surface area contributed by atoms with Gasteiger partial charge in [-0.1, -0.05) is 30.3 Å². The van der Waals surface area contributed by atoms with Crippen molar-refractivity contribution in [3.63, 3.8) is 0 Å². The summed E-state index contributed by atoms with van der Waals surface area (Å²) >= 11 is 0. The minimum Gasteiger partial charge on any atom is -0.340 e. The minimum atomic E-state index is -3.59. The highest BCUT2D eigenvalue weighted by molar-refractivity contribution is 7.89. The highest BCUT2D eigenvalue weighted by Gasteiger charge is 2.34. The number of hydrogen-bond acceptors (Lipinski definition) is 4. The molecule has 35 heavy (non-hydrogen) atoms. The normalized spacial score (nSPS) is 20.8. The van der Waals surface area contributed by atoms with Crippen LogP contribution in [0.2, 0.25) is 0 Å². The third-order valence-electron chi connectivity index (χ3n) is 7.73. The number of fused-ring (bicyclic) bond motifs is 2. The van der Waals surface area contributed by atoms with Crippen LogP contribution in [0.1, 0.15) is 54.5 Å². The molecule has 0 radical (unpaired) electrons. The smallest absolute Gasteiger partial charge is 0.243 e. The maximum Gasteiger partial charge on any atom is 0.243 e. The van der Waals surface area contributed by atoms with Gasteiger partial charge in [-0.15, -0.1) is 0 Å². The Labute approximate surface area is 207 Å². The summed E-state index contributed by atoms with van der Waals surface area (Å²) in [6.07, 6.45) is 5.22. The van der Waals surface area contributed by atoms with Crippen LogP contribution in [0.4, 0.5) is 0 Å². The van der Waals surface area contributed by atoms with E-state index in [1.54, 1.807) is 22.8 Å². The molecule has 1 aliphatic carbocycles. The van der Waals surface area contributed by atoms with Crippen molar-refractivity contribution in [1.29, 1.82) is 0 Å². The molecule has 7 nitrogen and oxygen atoms in total. The summed E-state index contributed by atoms with van der Waals surface area (Å²) in [5.74, 6) is -0.0675. The minimum absolute atomic E-state index is 0.0294. The highest BCUT2D eigenvalue weighted by Crippen LogP contribution is 2.33. The fourth-order valence-corrected chi connectivity index (χ4v) is 7.21. The lowest BCUT2D eigenvalue weighted by Crippen LogP contribution is -2.51. The van der Waals surface area contributed by atoms with Crippen molar-refractivity contribution in [2.45, 2.75) is 56.4 Å². The number of benzene rings is 2. The van der Waals surface area contributed by atoms with E-state index >= 15 is 0 Å². The Bertz CT molecular complexity index is 1230. The molecule has 186 valence electrons. The van der Waals surface area contributed by atoms with Crippen LogP contribution < -0.4 is 0 Å². The lowest BCUT2D eigenvalue weighted by atomic mass is 9.90. The lowest BCUT2D eigenvalue weighted by Gasteiger charge is -2.39. The molecule has 3 aliphatic rings. The average Bonchev–Trinajstić information content (AvgIpc) is 2.88. The molecule has 1 saturated heterocycles. The maximum absolute atomic E-state index is 13.3. The van der Waals surface area contributed by atoms with E-state index in [9.17, 15) is 18.0 Å². The molecule has 0 aromatic heterocycles. The molecule has 1 unspecified atom stereocenters. The van der Waals surface area contributed by atoms with Crippen LogP contribution in [0.15, 0.2) is 47.4 Å². The number of aryl methyl sites for hydroxylation is 2. The number of sulfonamides is 1. The first-order valence-electron chi connectivity index (χ1n) is 12.6. The van der Waals surface area contributed by atoms with Gasteiger partial charge < -0.3 is 9.80 Å². The molecular formula is C27H33N3O4S. The third kappa shape index (κ3) is 4.74. The summed E-state index contributed by atoms with van der Waals surface area (Å²) < 4.78 is 28.1. The van der Waals surface area contributed by atoms with Gasteiger partial charge >= 0.3 is 0 Å². The first-order valence-corrected chi connectivity index (χ1v) is 14.0. The Morgan fingerprint density at radius 2 is 1.57 bits per heavy atom. The number of piperazine rings is 1. The molecule has 0 spiro atoms. The predicted molar refractivity (Wildman–Crippen MR) is 133 cm³/mol. The van der Waals surface area contributed by atoms with Gasteiger partial charge in [0.1, 0.15) is 0 Å². The van der Waals surface area contributed by atoms with Crippen molar-refractivity contribution in [3.8, 4) is 0 Å². The van der Waals surface area contributed by atoms with Gasteiger partial charge in [0.25, 0.3) is 0 Å². The Hall–Kier alpha value is -2.71. The molecule has 1 atom stereocenters. The summed E-state index contributed by atoms with van der Waals surface area (Å²) in [5.41, 5.74) is 4.63. The van der Waals surface area contributed by atoms with E-state index < -0.39 is 10.0 Å². The fraction of sp³-hybridized carbons (Fsp3) is 0.481. The molecule has 0 saturated carbocycles. The number of amides is 2.